The standard InChI is InChI=1S/C19H21ClN2O4/c1-4-25-17-10-5-14(11-18(17)24-3)12-21-22-19(23)13(2)26-16-8-6-15(20)7-9-16/h5-13H,4H2,1-3H3,(H,22,23)/b21-12-/t13-/m0/s1. The second kappa shape index (κ2) is 9.68. The van der Waals surface area contributed by atoms with E-state index in [0.717, 1.165) is 5.56 Å². The highest BCUT2D eigenvalue weighted by Gasteiger charge is 2.13. The second-order valence-corrected chi connectivity index (χ2v) is 5.73. The number of halogens is 1. The molecule has 1 atom stereocenters. The molecule has 0 aliphatic heterocycles. The molecule has 0 saturated heterocycles. The maximum atomic E-state index is 12.0. The largest absolute Gasteiger partial charge is 0.493 e. The van der Waals surface area contributed by atoms with Crippen molar-refractivity contribution >= 4 is 23.7 Å². The van der Waals surface area contributed by atoms with Gasteiger partial charge in [-0.3, -0.25) is 4.79 Å². The smallest absolute Gasteiger partial charge is 0.280 e. The zero-order valence-corrected chi connectivity index (χ0v) is 15.6. The van der Waals surface area contributed by atoms with Crippen molar-refractivity contribution in [1.29, 1.82) is 0 Å². The van der Waals surface area contributed by atoms with Crippen molar-refractivity contribution in [2.75, 3.05) is 13.7 Å². The Hall–Kier alpha value is -2.73. The highest BCUT2D eigenvalue weighted by atomic mass is 35.5. The van der Waals surface area contributed by atoms with Crippen LogP contribution in [0.15, 0.2) is 47.6 Å². The third-order valence-corrected chi connectivity index (χ3v) is 3.62. The van der Waals surface area contributed by atoms with Gasteiger partial charge in [-0.15, -0.1) is 0 Å². The molecule has 0 aliphatic carbocycles. The Kier molecular flexibility index (Phi) is 7.29. The van der Waals surface area contributed by atoms with Crippen molar-refractivity contribution in [2.24, 2.45) is 5.10 Å². The van der Waals surface area contributed by atoms with Crippen LogP contribution in [0.5, 0.6) is 17.2 Å². The summed E-state index contributed by atoms with van der Waals surface area (Å²) in [6, 6.07) is 12.2. The molecule has 0 unspecified atom stereocenters. The van der Waals surface area contributed by atoms with Crippen LogP contribution in [0, 0.1) is 0 Å². The van der Waals surface area contributed by atoms with Gasteiger partial charge in [0.15, 0.2) is 17.6 Å². The molecule has 0 aliphatic rings. The van der Waals surface area contributed by atoms with Gasteiger partial charge in [0.05, 0.1) is 19.9 Å². The lowest BCUT2D eigenvalue weighted by Gasteiger charge is -2.13. The van der Waals surface area contributed by atoms with Crippen molar-refractivity contribution in [3.05, 3.63) is 53.1 Å². The van der Waals surface area contributed by atoms with Gasteiger partial charge in [-0.25, -0.2) is 5.43 Å². The molecular formula is C19H21ClN2O4. The van der Waals surface area contributed by atoms with Gasteiger partial charge in [0, 0.05) is 5.02 Å². The van der Waals surface area contributed by atoms with Crippen LogP contribution in [0.2, 0.25) is 5.02 Å². The van der Waals surface area contributed by atoms with Gasteiger partial charge >= 0.3 is 0 Å². The summed E-state index contributed by atoms with van der Waals surface area (Å²) < 4.78 is 16.3. The zero-order valence-electron chi connectivity index (χ0n) is 14.9. The van der Waals surface area contributed by atoms with E-state index in [1.807, 2.05) is 13.0 Å². The molecule has 0 saturated carbocycles. The summed E-state index contributed by atoms with van der Waals surface area (Å²) in [5.41, 5.74) is 3.21. The third kappa shape index (κ3) is 5.67. The number of nitrogens with zero attached hydrogens (tertiary/aromatic N) is 1. The topological polar surface area (TPSA) is 69.2 Å². The van der Waals surface area contributed by atoms with Crippen molar-refractivity contribution in [3.8, 4) is 17.2 Å². The van der Waals surface area contributed by atoms with Gasteiger partial charge in [0.25, 0.3) is 5.91 Å². The molecule has 0 heterocycles. The van der Waals surface area contributed by atoms with Gasteiger partial charge < -0.3 is 14.2 Å². The Morgan fingerprint density at radius 1 is 1.23 bits per heavy atom. The minimum Gasteiger partial charge on any atom is -0.493 e. The van der Waals surface area contributed by atoms with Crippen LogP contribution >= 0.6 is 11.6 Å². The minimum atomic E-state index is -0.705. The fourth-order valence-electron chi connectivity index (χ4n) is 2.07. The number of methoxy groups -OCH3 is 1. The Morgan fingerprint density at radius 2 is 1.96 bits per heavy atom. The Balaban J connectivity index is 1.92. The molecule has 26 heavy (non-hydrogen) atoms. The number of amides is 1. The average molecular weight is 377 g/mol. The highest BCUT2D eigenvalue weighted by molar-refractivity contribution is 6.30. The summed E-state index contributed by atoms with van der Waals surface area (Å²) in [5.74, 6) is 1.44. The normalized spacial score (nSPS) is 11.8. The van der Waals surface area contributed by atoms with E-state index < -0.39 is 6.10 Å². The first-order chi connectivity index (χ1) is 12.5. The molecule has 0 bridgehead atoms. The van der Waals surface area contributed by atoms with E-state index in [1.54, 1.807) is 50.4 Å². The van der Waals surface area contributed by atoms with Crippen LogP contribution in [0.4, 0.5) is 0 Å². The molecule has 7 heteroatoms. The predicted octanol–water partition coefficient (Wildman–Crippen LogP) is 3.66. The lowest BCUT2D eigenvalue weighted by atomic mass is 10.2. The Morgan fingerprint density at radius 3 is 2.62 bits per heavy atom. The van der Waals surface area contributed by atoms with Crippen LogP contribution in [0.1, 0.15) is 19.4 Å². The van der Waals surface area contributed by atoms with E-state index in [4.69, 9.17) is 25.8 Å². The van der Waals surface area contributed by atoms with Gasteiger partial charge in [-0.05, 0) is 61.9 Å². The third-order valence-electron chi connectivity index (χ3n) is 3.37. The quantitative estimate of drug-likeness (QED) is 0.563. The Labute approximate surface area is 157 Å². The van der Waals surface area contributed by atoms with Crippen LogP contribution in [-0.4, -0.2) is 31.9 Å². The van der Waals surface area contributed by atoms with Gasteiger partial charge in [-0.2, -0.15) is 5.10 Å². The first kappa shape index (κ1) is 19.6. The molecule has 1 N–H and O–H groups in total. The van der Waals surface area contributed by atoms with Crippen LogP contribution in [0.3, 0.4) is 0 Å². The summed E-state index contributed by atoms with van der Waals surface area (Å²) in [4.78, 5) is 12.0. The number of hydrazone groups is 1. The Bertz CT molecular complexity index is 763. The van der Waals surface area contributed by atoms with E-state index >= 15 is 0 Å². The van der Waals surface area contributed by atoms with Crippen molar-refractivity contribution in [3.63, 3.8) is 0 Å². The summed E-state index contributed by atoms with van der Waals surface area (Å²) in [5, 5.41) is 4.55. The van der Waals surface area contributed by atoms with E-state index in [9.17, 15) is 4.79 Å². The lowest BCUT2D eigenvalue weighted by Crippen LogP contribution is -2.33. The summed E-state index contributed by atoms with van der Waals surface area (Å²) in [6.45, 7) is 4.09. The number of carbonyl (C=O) groups is 1. The molecule has 0 fully saturated rings. The lowest BCUT2D eigenvalue weighted by molar-refractivity contribution is -0.127. The fraction of sp³-hybridized carbons (Fsp3) is 0.263. The van der Waals surface area contributed by atoms with E-state index in [2.05, 4.69) is 10.5 Å². The van der Waals surface area contributed by atoms with Crippen LogP contribution in [-0.2, 0) is 4.79 Å². The summed E-state index contributed by atoms with van der Waals surface area (Å²) in [7, 11) is 1.57. The zero-order chi connectivity index (χ0) is 18.9. The van der Waals surface area contributed by atoms with Crippen molar-refractivity contribution in [2.45, 2.75) is 20.0 Å². The number of rotatable bonds is 8. The molecule has 0 spiro atoms. The number of benzene rings is 2. The van der Waals surface area contributed by atoms with Crippen molar-refractivity contribution < 1.29 is 19.0 Å². The maximum Gasteiger partial charge on any atom is 0.280 e. The number of hydrogen-bond donors (Lipinski definition) is 1. The van der Waals surface area contributed by atoms with Gasteiger partial charge in [-0.1, -0.05) is 11.6 Å². The minimum absolute atomic E-state index is 0.367. The molecule has 2 aromatic carbocycles. The molecule has 6 nitrogen and oxygen atoms in total. The summed E-state index contributed by atoms with van der Waals surface area (Å²) >= 11 is 5.82. The molecule has 2 aromatic rings. The van der Waals surface area contributed by atoms with Crippen LogP contribution in [0.25, 0.3) is 0 Å². The molecule has 138 valence electrons. The molecular weight excluding hydrogens is 356 g/mol. The monoisotopic (exact) mass is 376 g/mol. The number of carbonyl (C=O) groups excluding carboxylic acids is 1. The average Bonchev–Trinajstić information content (AvgIpc) is 2.64. The first-order valence-electron chi connectivity index (χ1n) is 8.09. The van der Waals surface area contributed by atoms with Gasteiger partial charge in [0.2, 0.25) is 0 Å². The predicted molar refractivity (Wildman–Crippen MR) is 101 cm³/mol. The first-order valence-corrected chi connectivity index (χ1v) is 8.47. The molecule has 0 aromatic heterocycles. The number of ether oxygens (including phenoxy) is 3. The maximum absolute atomic E-state index is 12.0. The van der Waals surface area contributed by atoms with Gasteiger partial charge in [0.1, 0.15) is 5.75 Å². The van der Waals surface area contributed by atoms with Crippen molar-refractivity contribution in [1.82, 2.24) is 5.43 Å². The van der Waals surface area contributed by atoms with E-state index in [0.29, 0.717) is 28.9 Å². The number of nitrogens with one attached hydrogen (secondary N) is 1. The fourth-order valence-corrected chi connectivity index (χ4v) is 2.20. The molecule has 2 rings (SSSR count). The second-order valence-electron chi connectivity index (χ2n) is 5.29. The van der Waals surface area contributed by atoms with E-state index in [-0.39, 0.29) is 5.91 Å². The van der Waals surface area contributed by atoms with Crippen LogP contribution < -0.4 is 19.6 Å². The summed E-state index contributed by atoms with van der Waals surface area (Å²) in [6.07, 6.45) is 0.814. The molecule has 0 radical (unpaired) electrons. The molecule has 1 amide bonds. The highest BCUT2D eigenvalue weighted by Crippen LogP contribution is 2.27. The van der Waals surface area contributed by atoms with E-state index in [1.165, 1.54) is 6.21 Å². The number of hydrogen-bond acceptors (Lipinski definition) is 5. The SMILES string of the molecule is CCOc1ccc(/C=N\NC(=O)[C@H](C)Oc2ccc(Cl)cc2)cc1OC.